The molecule has 2 rings (SSSR count). The van der Waals surface area contributed by atoms with E-state index in [4.69, 9.17) is 9.52 Å². The summed E-state index contributed by atoms with van der Waals surface area (Å²) in [6, 6.07) is 2.11. The summed E-state index contributed by atoms with van der Waals surface area (Å²) in [5.41, 5.74) is 0.308. The van der Waals surface area contributed by atoms with Gasteiger partial charge < -0.3 is 19.9 Å². The summed E-state index contributed by atoms with van der Waals surface area (Å²) in [5, 5.41) is 22.9. The summed E-state index contributed by atoms with van der Waals surface area (Å²) in [6.07, 6.45) is 2.16. The maximum atomic E-state index is 10.9. The molecular formula is C16H25NO4. The van der Waals surface area contributed by atoms with Gasteiger partial charge in [-0.2, -0.15) is 0 Å². The molecular weight excluding hydrogens is 270 g/mol. The fraction of sp³-hybridized carbons (Fsp3) is 0.688. The molecule has 1 aliphatic rings. The molecule has 0 saturated heterocycles. The van der Waals surface area contributed by atoms with E-state index in [-0.39, 0.29) is 12.0 Å². The van der Waals surface area contributed by atoms with Gasteiger partial charge >= 0.3 is 5.97 Å². The standard InChI is InChI=1S/C16H25NO4/c1-10-8-14(12(3)21-10)11(2)17-9-16(20)6-4-13(5-7-16)15(18)19/h8,11,13,17,20H,4-7,9H2,1-3H3,(H,18,19). The summed E-state index contributed by atoms with van der Waals surface area (Å²) in [5.74, 6) is 0.732. The number of furan rings is 1. The van der Waals surface area contributed by atoms with E-state index in [1.54, 1.807) is 0 Å². The number of nitrogens with one attached hydrogen (secondary N) is 1. The highest BCUT2D eigenvalue weighted by molar-refractivity contribution is 5.70. The molecule has 0 spiro atoms. The number of hydrogen-bond acceptors (Lipinski definition) is 4. The van der Waals surface area contributed by atoms with Crippen molar-refractivity contribution >= 4 is 5.97 Å². The second-order valence-corrected chi connectivity index (χ2v) is 6.31. The smallest absolute Gasteiger partial charge is 0.306 e. The van der Waals surface area contributed by atoms with Crippen molar-refractivity contribution in [3.05, 3.63) is 23.2 Å². The summed E-state index contributed by atoms with van der Waals surface area (Å²) < 4.78 is 5.53. The van der Waals surface area contributed by atoms with Gasteiger partial charge in [-0.3, -0.25) is 4.79 Å². The fourth-order valence-corrected chi connectivity index (χ4v) is 3.11. The molecule has 0 aromatic carbocycles. The van der Waals surface area contributed by atoms with E-state index in [2.05, 4.69) is 5.32 Å². The topological polar surface area (TPSA) is 82.7 Å². The highest BCUT2D eigenvalue weighted by Gasteiger charge is 2.35. The largest absolute Gasteiger partial charge is 0.481 e. The number of carboxylic acids is 1. The normalized spacial score (nSPS) is 27.5. The molecule has 5 heteroatoms. The molecule has 1 fully saturated rings. The van der Waals surface area contributed by atoms with E-state index in [1.807, 2.05) is 26.8 Å². The van der Waals surface area contributed by atoms with Crippen LogP contribution in [-0.4, -0.2) is 28.3 Å². The van der Waals surface area contributed by atoms with Crippen LogP contribution in [0.5, 0.6) is 0 Å². The molecule has 1 aliphatic carbocycles. The Hall–Kier alpha value is -1.33. The van der Waals surface area contributed by atoms with Crippen molar-refractivity contribution in [3.63, 3.8) is 0 Å². The molecule has 3 N–H and O–H groups in total. The quantitative estimate of drug-likeness (QED) is 0.777. The van der Waals surface area contributed by atoms with Gasteiger partial charge in [0.2, 0.25) is 0 Å². The number of aliphatic carboxylic acids is 1. The third-order valence-corrected chi connectivity index (χ3v) is 4.55. The zero-order valence-corrected chi connectivity index (χ0v) is 13.0. The predicted molar refractivity (Wildman–Crippen MR) is 79.1 cm³/mol. The number of aliphatic hydroxyl groups is 1. The van der Waals surface area contributed by atoms with E-state index in [0.717, 1.165) is 17.1 Å². The molecule has 1 saturated carbocycles. The number of hydrogen-bond donors (Lipinski definition) is 3. The SMILES string of the molecule is Cc1cc(C(C)NCC2(O)CCC(C(=O)O)CC2)c(C)o1. The monoisotopic (exact) mass is 295 g/mol. The fourth-order valence-electron chi connectivity index (χ4n) is 3.11. The molecule has 1 aromatic rings. The summed E-state index contributed by atoms with van der Waals surface area (Å²) >= 11 is 0. The first-order chi connectivity index (χ1) is 9.81. The number of aryl methyl sites for hydroxylation is 2. The zero-order valence-electron chi connectivity index (χ0n) is 13.0. The number of carbonyl (C=O) groups is 1. The van der Waals surface area contributed by atoms with Gasteiger partial charge in [0.1, 0.15) is 11.5 Å². The highest BCUT2D eigenvalue weighted by Crippen LogP contribution is 2.32. The zero-order chi connectivity index (χ0) is 15.6. The molecule has 1 unspecified atom stereocenters. The van der Waals surface area contributed by atoms with E-state index in [9.17, 15) is 9.90 Å². The maximum Gasteiger partial charge on any atom is 0.306 e. The van der Waals surface area contributed by atoms with E-state index < -0.39 is 11.6 Å². The number of carboxylic acid groups (broad SMARTS) is 1. The molecule has 21 heavy (non-hydrogen) atoms. The molecule has 0 aliphatic heterocycles. The van der Waals surface area contributed by atoms with Gasteiger partial charge in [0, 0.05) is 18.2 Å². The van der Waals surface area contributed by atoms with Gasteiger partial charge in [0.15, 0.2) is 0 Å². The van der Waals surface area contributed by atoms with Crippen LogP contribution in [0, 0.1) is 19.8 Å². The van der Waals surface area contributed by atoms with Crippen molar-refractivity contribution in [2.45, 2.75) is 58.1 Å². The van der Waals surface area contributed by atoms with Crippen molar-refractivity contribution in [1.82, 2.24) is 5.32 Å². The van der Waals surface area contributed by atoms with E-state index in [0.29, 0.717) is 32.2 Å². The Bertz CT molecular complexity index is 500. The van der Waals surface area contributed by atoms with Crippen LogP contribution in [0.25, 0.3) is 0 Å². The van der Waals surface area contributed by atoms with E-state index >= 15 is 0 Å². The first kappa shape index (κ1) is 16.0. The highest BCUT2D eigenvalue weighted by atomic mass is 16.4. The first-order valence-electron chi connectivity index (χ1n) is 7.56. The Kier molecular flexibility index (Phi) is 4.74. The van der Waals surface area contributed by atoms with Crippen LogP contribution in [0.2, 0.25) is 0 Å². The van der Waals surface area contributed by atoms with Crippen molar-refractivity contribution in [2.24, 2.45) is 5.92 Å². The minimum Gasteiger partial charge on any atom is -0.481 e. The third-order valence-electron chi connectivity index (χ3n) is 4.55. The lowest BCUT2D eigenvalue weighted by Crippen LogP contribution is -2.45. The van der Waals surface area contributed by atoms with Crippen LogP contribution in [0.1, 0.15) is 55.7 Å². The van der Waals surface area contributed by atoms with E-state index in [1.165, 1.54) is 0 Å². The Labute approximate surface area is 125 Å². The second-order valence-electron chi connectivity index (χ2n) is 6.31. The summed E-state index contributed by atoms with van der Waals surface area (Å²) in [6.45, 7) is 6.38. The Morgan fingerprint density at radius 3 is 2.57 bits per heavy atom. The average molecular weight is 295 g/mol. The second kappa shape index (κ2) is 6.20. The Morgan fingerprint density at radius 2 is 2.10 bits per heavy atom. The van der Waals surface area contributed by atoms with Crippen molar-refractivity contribution in [3.8, 4) is 0 Å². The minimum absolute atomic E-state index is 0.101. The first-order valence-corrected chi connectivity index (χ1v) is 7.56. The molecule has 1 heterocycles. The van der Waals surface area contributed by atoms with Gasteiger partial charge in [-0.1, -0.05) is 0 Å². The van der Waals surface area contributed by atoms with Crippen molar-refractivity contribution in [2.75, 3.05) is 6.54 Å². The van der Waals surface area contributed by atoms with Crippen LogP contribution in [0.15, 0.2) is 10.5 Å². The summed E-state index contributed by atoms with van der Waals surface area (Å²) in [4.78, 5) is 10.9. The molecule has 5 nitrogen and oxygen atoms in total. The summed E-state index contributed by atoms with van der Waals surface area (Å²) in [7, 11) is 0. The molecule has 118 valence electrons. The van der Waals surface area contributed by atoms with Crippen LogP contribution in [0.3, 0.4) is 0 Å². The lowest BCUT2D eigenvalue weighted by Gasteiger charge is -2.35. The van der Waals surface area contributed by atoms with Crippen LogP contribution >= 0.6 is 0 Å². The Morgan fingerprint density at radius 1 is 1.48 bits per heavy atom. The van der Waals surface area contributed by atoms with Gasteiger partial charge in [-0.15, -0.1) is 0 Å². The number of rotatable bonds is 5. The van der Waals surface area contributed by atoms with Gasteiger partial charge in [-0.25, -0.2) is 0 Å². The van der Waals surface area contributed by atoms with Crippen molar-refractivity contribution in [1.29, 1.82) is 0 Å². The van der Waals surface area contributed by atoms with Gasteiger partial charge in [0.05, 0.1) is 11.5 Å². The lowest BCUT2D eigenvalue weighted by molar-refractivity contribution is -0.144. The maximum absolute atomic E-state index is 10.9. The molecule has 0 radical (unpaired) electrons. The lowest BCUT2D eigenvalue weighted by atomic mass is 9.78. The average Bonchev–Trinajstić information content (AvgIpc) is 2.76. The van der Waals surface area contributed by atoms with Crippen LogP contribution in [0.4, 0.5) is 0 Å². The van der Waals surface area contributed by atoms with Crippen LogP contribution < -0.4 is 5.32 Å². The minimum atomic E-state index is -0.799. The molecule has 1 aromatic heterocycles. The predicted octanol–water partition coefficient (Wildman–Crippen LogP) is 2.55. The molecule has 1 atom stereocenters. The van der Waals surface area contributed by atoms with Crippen molar-refractivity contribution < 1.29 is 19.4 Å². The Balaban J connectivity index is 1.88. The van der Waals surface area contributed by atoms with Gasteiger partial charge in [0.25, 0.3) is 0 Å². The van der Waals surface area contributed by atoms with Crippen LogP contribution in [-0.2, 0) is 4.79 Å². The molecule has 0 bridgehead atoms. The van der Waals surface area contributed by atoms with Gasteiger partial charge in [-0.05, 0) is 52.5 Å². The third kappa shape index (κ3) is 3.86. The molecule has 0 amide bonds.